The van der Waals surface area contributed by atoms with Gasteiger partial charge in [0.15, 0.2) is 23.2 Å². The topological polar surface area (TPSA) is 35.2 Å². The first-order chi connectivity index (χ1) is 10.7. The van der Waals surface area contributed by atoms with Crippen LogP contribution in [0.4, 0.5) is 32.0 Å². The number of hydrogen-bond donors (Lipinski definition) is 1. The molecule has 2 N–H and O–H groups in total. The number of benzene rings is 2. The van der Waals surface area contributed by atoms with Crippen molar-refractivity contribution in [1.82, 2.24) is 0 Å². The van der Waals surface area contributed by atoms with Crippen molar-refractivity contribution in [2.24, 2.45) is 0 Å². The molecule has 0 aromatic heterocycles. The fraction of sp³-hybridized carbons (Fsp3) is 0.200. The zero-order chi connectivity index (χ0) is 17.5. The van der Waals surface area contributed by atoms with Gasteiger partial charge in [-0.2, -0.15) is 13.2 Å². The first kappa shape index (κ1) is 17.0. The average Bonchev–Trinajstić information content (AvgIpc) is 2.49. The average molecular weight is 335 g/mol. The van der Waals surface area contributed by atoms with E-state index in [-0.39, 0.29) is 0 Å². The molecule has 0 saturated carbocycles. The molecule has 0 radical (unpaired) electrons. The van der Waals surface area contributed by atoms with Crippen molar-refractivity contribution >= 4 is 5.69 Å². The third-order valence-electron chi connectivity index (χ3n) is 3.12. The van der Waals surface area contributed by atoms with Crippen LogP contribution in [0.1, 0.15) is 25.3 Å². The van der Waals surface area contributed by atoms with Crippen LogP contribution in [0.15, 0.2) is 12.1 Å². The van der Waals surface area contributed by atoms with E-state index in [0.29, 0.717) is 0 Å². The minimum Gasteiger partial charge on any atom is -0.448 e. The lowest BCUT2D eigenvalue weighted by atomic mass is 10.0. The molecule has 2 nitrogen and oxygen atoms in total. The molecule has 0 saturated heterocycles. The largest absolute Gasteiger partial charge is 0.448 e. The SMILES string of the molecule is CC(C)c1c(F)c(F)c(Oc2ccc(N)c(F)c2F)c(F)c1F. The lowest BCUT2D eigenvalue weighted by Crippen LogP contribution is -2.08. The fourth-order valence-electron chi connectivity index (χ4n) is 1.96. The summed E-state index contributed by atoms with van der Waals surface area (Å²) in [4.78, 5) is 0. The molecule has 0 aliphatic rings. The van der Waals surface area contributed by atoms with Crippen LogP contribution in [-0.2, 0) is 0 Å². The quantitative estimate of drug-likeness (QED) is 0.486. The van der Waals surface area contributed by atoms with Crippen molar-refractivity contribution in [2.45, 2.75) is 19.8 Å². The molecular formula is C15H11F6NO. The van der Waals surface area contributed by atoms with E-state index in [1.807, 2.05) is 0 Å². The first-order valence-corrected chi connectivity index (χ1v) is 6.43. The van der Waals surface area contributed by atoms with Crippen LogP contribution in [0, 0.1) is 34.9 Å². The third-order valence-corrected chi connectivity index (χ3v) is 3.12. The van der Waals surface area contributed by atoms with Crippen LogP contribution in [0.5, 0.6) is 11.5 Å². The van der Waals surface area contributed by atoms with E-state index in [2.05, 4.69) is 4.74 Å². The lowest BCUT2D eigenvalue weighted by molar-refractivity contribution is 0.342. The molecule has 0 aliphatic carbocycles. The van der Waals surface area contributed by atoms with Gasteiger partial charge >= 0.3 is 0 Å². The van der Waals surface area contributed by atoms with Gasteiger partial charge in [0.1, 0.15) is 0 Å². The van der Waals surface area contributed by atoms with E-state index < -0.39 is 63.6 Å². The van der Waals surface area contributed by atoms with E-state index in [4.69, 9.17) is 5.73 Å². The predicted octanol–water partition coefficient (Wildman–Crippen LogP) is 5.02. The maximum atomic E-state index is 13.9. The number of ether oxygens (including phenoxy) is 1. The van der Waals surface area contributed by atoms with Gasteiger partial charge in [-0.3, -0.25) is 0 Å². The molecule has 124 valence electrons. The van der Waals surface area contributed by atoms with Gasteiger partial charge < -0.3 is 10.5 Å². The third kappa shape index (κ3) is 2.80. The molecule has 0 heterocycles. The molecule has 0 atom stereocenters. The monoisotopic (exact) mass is 335 g/mol. The van der Waals surface area contributed by atoms with Crippen molar-refractivity contribution in [3.05, 3.63) is 52.6 Å². The summed E-state index contributed by atoms with van der Waals surface area (Å²) in [5.41, 5.74) is 3.73. The van der Waals surface area contributed by atoms with Crippen LogP contribution >= 0.6 is 0 Å². The Morgan fingerprint density at radius 2 is 1.30 bits per heavy atom. The standard InChI is InChI=1S/C15H11F6NO/c1-5(2)8-11(18)13(20)15(14(21)12(8)19)23-7-4-3-6(22)9(16)10(7)17/h3-5H,22H2,1-2H3. The zero-order valence-corrected chi connectivity index (χ0v) is 12.0. The van der Waals surface area contributed by atoms with E-state index in [1.54, 1.807) is 0 Å². The molecule has 0 fully saturated rings. The van der Waals surface area contributed by atoms with Gasteiger partial charge in [0.2, 0.25) is 23.2 Å². The first-order valence-electron chi connectivity index (χ1n) is 6.43. The van der Waals surface area contributed by atoms with Gasteiger partial charge in [-0.25, -0.2) is 13.2 Å². The molecule has 23 heavy (non-hydrogen) atoms. The number of hydrogen-bond acceptors (Lipinski definition) is 2. The molecule has 2 aromatic carbocycles. The molecule has 8 heteroatoms. The van der Waals surface area contributed by atoms with Gasteiger partial charge in [-0.15, -0.1) is 0 Å². The summed E-state index contributed by atoms with van der Waals surface area (Å²) in [5.74, 6) is -13.5. The Bertz CT molecular complexity index is 746. The van der Waals surface area contributed by atoms with Crippen molar-refractivity contribution in [3.63, 3.8) is 0 Å². The Kier molecular flexibility index (Phi) is 4.44. The predicted molar refractivity (Wildman–Crippen MR) is 71.2 cm³/mol. The highest BCUT2D eigenvalue weighted by Gasteiger charge is 2.29. The van der Waals surface area contributed by atoms with Crippen LogP contribution < -0.4 is 10.5 Å². The summed E-state index contributed by atoms with van der Waals surface area (Å²) in [6.45, 7) is 2.66. The van der Waals surface area contributed by atoms with Crippen molar-refractivity contribution in [2.75, 3.05) is 5.73 Å². The zero-order valence-electron chi connectivity index (χ0n) is 12.0. The molecule has 0 amide bonds. The second-order valence-corrected chi connectivity index (χ2v) is 5.04. The van der Waals surface area contributed by atoms with E-state index in [9.17, 15) is 26.3 Å². The summed E-state index contributed by atoms with van der Waals surface area (Å²) >= 11 is 0. The highest BCUT2D eigenvalue weighted by atomic mass is 19.2. The summed E-state index contributed by atoms with van der Waals surface area (Å²) in [5, 5.41) is 0. The summed E-state index contributed by atoms with van der Waals surface area (Å²) in [7, 11) is 0. The van der Waals surface area contributed by atoms with Crippen LogP contribution in [0.3, 0.4) is 0 Å². The highest BCUT2D eigenvalue weighted by molar-refractivity contribution is 5.47. The van der Waals surface area contributed by atoms with Crippen molar-refractivity contribution in [1.29, 1.82) is 0 Å². The Balaban J connectivity index is 2.60. The molecule has 0 bridgehead atoms. The number of rotatable bonds is 3. The maximum absolute atomic E-state index is 13.9. The molecule has 0 spiro atoms. The van der Waals surface area contributed by atoms with Gasteiger partial charge in [0, 0.05) is 5.56 Å². The second kappa shape index (κ2) is 6.02. The Morgan fingerprint density at radius 3 is 1.78 bits per heavy atom. The Hall–Kier alpha value is -2.38. The number of halogens is 6. The molecule has 0 unspecified atom stereocenters. The van der Waals surface area contributed by atoms with Gasteiger partial charge in [0.25, 0.3) is 0 Å². The second-order valence-electron chi connectivity index (χ2n) is 5.04. The minimum absolute atomic E-state index is 0.566. The fourth-order valence-corrected chi connectivity index (χ4v) is 1.96. The highest BCUT2D eigenvalue weighted by Crippen LogP contribution is 2.37. The minimum atomic E-state index is -1.84. The van der Waals surface area contributed by atoms with Gasteiger partial charge in [-0.1, -0.05) is 13.8 Å². The van der Waals surface area contributed by atoms with Crippen molar-refractivity contribution in [3.8, 4) is 11.5 Å². The summed E-state index contributed by atoms with van der Waals surface area (Å²) in [6.07, 6.45) is 0. The normalized spacial score (nSPS) is 11.2. The van der Waals surface area contributed by atoms with Gasteiger partial charge in [-0.05, 0) is 18.1 Å². The molecule has 2 aromatic rings. The van der Waals surface area contributed by atoms with Crippen LogP contribution in [-0.4, -0.2) is 0 Å². The number of nitrogens with two attached hydrogens (primary N) is 1. The molecule has 0 aliphatic heterocycles. The Morgan fingerprint density at radius 1 is 0.783 bits per heavy atom. The molecular weight excluding hydrogens is 324 g/mol. The molecule has 2 rings (SSSR count). The van der Waals surface area contributed by atoms with Crippen LogP contribution in [0.2, 0.25) is 0 Å². The number of anilines is 1. The summed E-state index contributed by atoms with van der Waals surface area (Å²) in [6, 6.07) is 1.65. The van der Waals surface area contributed by atoms with Crippen LogP contribution in [0.25, 0.3) is 0 Å². The van der Waals surface area contributed by atoms with Crippen molar-refractivity contribution < 1.29 is 31.1 Å². The van der Waals surface area contributed by atoms with E-state index >= 15 is 0 Å². The smallest absolute Gasteiger partial charge is 0.204 e. The lowest BCUT2D eigenvalue weighted by Gasteiger charge is -2.15. The van der Waals surface area contributed by atoms with E-state index in [0.717, 1.165) is 12.1 Å². The summed E-state index contributed by atoms with van der Waals surface area (Å²) < 4.78 is 86.9. The van der Waals surface area contributed by atoms with Gasteiger partial charge in [0.05, 0.1) is 5.69 Å². The maximum Gasteiger partial charge on any atom is 0.204 e. The van der Waals surface area contributed by atoms with E-state index in [1.165, 1.54) is 13.8 Å². The Labute approximate surface area is 127 Å². The number of nitrogen functional groups attached to an aromatic ring is 1.